The minimum atomic E-state index is -0.164. The molecule has 0 unspecified atom stereocenters. The molecule has 0 bridgehead atoms. The number of aryl methyl sites for hydroxylation is 1. The molecule has 3 heteroatoms. The number of unbranched alkanes of at least 4 members (excludes halogenated alkanes) is 1. The Morgan fingerprint density at radius 2 is 2.27 bits per heavy atom. The first-order valence-electron chi connectivity index (χ1n) is 5.06. The molecule has 0 saturated carbocycles. The van der Waals surface area contributed by atoms with Gasteiger partial charge in [-0.15, -0.1) is 0 Å². The number of nitrogens with one attached hydrogen (secondary N) is 1. The highest BCUT2D eigenvalue weighted by molar-refractivity contribution is 5.23. The second kappa shape index (κ2) is 6.15. The number of hydrogen-bond acceptors (Lipinski definition) is 2. The van der Waals surface area contributed by atoms with E-state index in [9.17, 15) is 4.39 Å². The van der Waals surface area contributed by atoms with E-state index >= 15 is 0 Å². The van der Waals surface area contributed by atoms with Gasteiger partial charge in [-0.05, 0) is 37.1 Å². The summed E-state index contributed by atoms with van der Waals surface area (Å²) >= 11 is 0. The number of benzene rings is 1. The van der Waals surface area contributed by atoms with Gasteiger partial charge in [0.25, 0.3) is 0 Å². The molecule has 1 aromatic carbocycles. The van der Waals surface area contributed by atoms with Gasteiger partial charge in [-0.2, -0.15) is 5.26 Å². The Bertz CT molecular complexity index is 355. The van der Waals surface area contributed by atoms with Crippen LogP contribution >= 0.6 is 0 Å². The zero-order valence-corrected chi connectivity index (χ0v) is 8.89. The minimum absolute atomic E-state index is 0.164. The van der Waals surface area contributed by atoms with Gasteiger partial charge in [-0.1, -0.05) is 12.1 Å². The summed E-state index contributed by atoms with van der Waals surface area (Å²) in [5, 5.41) is 11.5. The van der Waals surface area contributed by atoms with Gasteiger partial charge in [-0.25, -0.2) is 4.39 Å². The van der Waals surface area contributed by atoms with Crippen LogP contribution in [0.25, 0.3) is 0 Å². The van der Waals surface area contributed by atoms with E-state index < -0.39 is 0 Å². The minimum Gasteiger partial charge on any atom is -0.313 e. The van der Waals surface area contributed by atoms with Gasteiger partial charge in [0.15, 0.2) is 0 Å². The van der Waals surface area contributed by atoms with Crippen LogP contribution in [0.1, 0.15) is 24.0 Å². The summed E-state index contributed by atoms with van der Waals surface area (Å²) in [5.41, 5.74) is 1.75. The van der Waals surface area contributed by atoms with E-state index in [1.807, 2.05) is 6.07 Å². The molecule has 0 aliphatic rings. The zero-order chi connectivity index (χ0) is 11.1. The molecule has 80 valence electrons. The standard InChI is InChI=1S/C12H15FN2/c1-10-8-11(4-5-12(10)13)9-15-7-3-2-6-14/h4-5,8,15H,2-3,7,9H2,1H3. The van der Waals surface area contributed by atoms with E-state index in [-0.39, 0.29) is 5.82 Å². The van der Waals surface area contributed by atoms with Crippen molar-refractivity contribution >= 4 is 0 Å². The first kappa shape index (κ1) is 11.7. The van der Waals surface area contributed by atoms with E-state index in [1.165, 1.54) is 6.07 Å². The van der Waals surface area contributed by atoms with Crippen molar-refractivity contribution in [3.63, 3.8) is 0 Å². The third-order valence-electron chi connectivity index (χ3n) is 2.19. The zero-order valence-electron chi connectivity index (χ0n) is 8.89. The molecule has 0 radical (unpaired) electrons. The Labute approximate surface area is 89.7 Å². The fourth-order valence-corrected chi connectivity index (χ4v) is 1.34. The number of nitrogens with zero attached hydrogens (tertiary/aromatic N) is 1. The van der Waals surface area contributed by atoms with Crippen molar-refractivity contribution in [2.45, 2.75) is 26.3 Å². The number of nitriles is 1. The van der Waals surface area contributed by atoms with Gasteiger partial charge >= 0.3 is 0 Å². The topological polar surface area (TPSA) is 35.8 Å². The van der Waals surface area contributed by atoms with Gasteiger partial charge in [0.2, 0.25) is 0 Å². The van der Waals surface area contributed by atoms with Crippen LogP contribution in [-0.2, 0) is 6.54 Å². The van der Waals surface area contributed by atoms with Crippen molar-refractivity contribution < 1.29 is 4.39 Å². The van der Waals surface area contributed by atoms with Crippen LogP contribution in [-0.4, -0.2) is 6.54 Å². The van der Waals surface area contributed by atoms with Crippen LogP contribution in [0.2, 0.25) is 0 Å². The van der Waals surface area contributed by atoms with Crippen LogP contribution < -0.4 is 5.32 Å². The maximum Gasteiger partial charge on any atom is 0.126 e. The van der Waals surface area contributed by atoms with E-state index in [2.05, 4.69) is 11.4 Å². The molecule has 1 N–H and O–H groups in total. The van der Waals surface area contributed by atoms with E-state index in [0.29, 0.717) is 12.0 Å². The quantitative estimate of drug-likeness (QED) is 0.751. The maximum atomic E-state index is 12.9. The smallest absolute Gasteiger partial charge is 0.126 e. The summed E-state index contributed by atoms with van der Waals surface area (Å²) in [6.07, 6.45) is 1.44. The van der Waals surface area contributed by atoms with Gasteiger partial charge in [-0.3, -0.25) is 0 Å². The molecule has 0 saturated heterocycles. The highest BCUT2D eigenvalue weighted by Crippen LogP contribution is 2.08. The summed E-state index contributed by atoms with van der Waals surface area (Å²) in [7, 11) is 0. The molecule has 2 nitrogen and oxygen atoms in total. The average Bonchev–Trinajstić information content (AvgIpc) is 2.23. The summed E-state index contributed by atoms with van der Waals surface area (Å²) < 4.78 is 12.9. The van der Waals surface area contributed by atoms with Crippen molar-refractivity contribution in [3.8, 4) is 6.07 Å². The number of halogens is 1. The lowest BCUT2D eigenvalue weighted by Gasteiger charge is -2.05. The van der Waals surface area contributed by atoms with Crippen LogP contribution in [0.15, 0.2) is 18.2 Å². The Morgan fingerprint density at radius 1 is 1.47 bits per heavy atom. The van der Waals surface area contributed by atoms with Crippen LogP contribution in [0.4, 0.5) is 4.39 Å². The van der Waals surface area contributed by atoms with Gasteiger partial charge < -0.3 is 5.32 Å². The molecular weight excluding hydrogens is 191 g/mol. The fourth-order valence-electron chi connectivity index (χ4n) is 1.34. The van der Waals surface area contributed by atoms with E-state index in [4.69, 9.17) is 5.26 Å². The molecule has 0 fully saturated rings. The fraction of sp³-hybridized carbons (Fsp3) is 0.417. The summed E-state index contributed by atoms with van der Waals surface area (Å²) in [6, 6.07) is 7.20. The average molecular weight is 206 g/mol. The third-order valence-corrected chi connectivity index (χ3v) is 2.19. The Hall–Kier alpha value is -1.40. The van der Waals surface area contributed by atoms with Crippen molar-refractivity contribution in [1.82, 2.24) is 5.32 Å². The second-order valence-electron chi connectivity index (χ2n) is 3.52. The first-order valence-corrected chi connectivity index (χ1v) is 5.06. The van der Waals surface area contributed by atoms with Gasteiger partial charge in [0.1, 0.15) is 5.82 Å². The summed E-state index contributed by atoms with van der Waals surface area (Å²) in [4.78, 5) is 0. The molecule has 0 amide bonds. The Balaban J connectivity index is 2.32. The number of hydrogen-bond donors (Lipinski definition) is 1. The van der Waals surface area contributed by atoms with Crippen molar-refractivity contribution in [1.29, 1.82) is 5.26 Å². The molecule has 15 heavy (non-hydrogen) atoms. The summed E-state index contributed by atoms with van der Waals surface area (Å²) in [5.74, 6) is -0.164. The molecule has 0 aromatic heterocycles. The van der Waals surface area contributed by atoms with E-state index in [0.717, 1.165) is 25.1 Å². The summed E-state index contributed by atoms with van der Waals surface area (Å²) in [6.45, 7) is 3.31. The first-order chi connectivity index (χ1) is 7.24. The molecule has 0 heterocycles. The van der Waals surface area contributed by atoms with Crippen LogP contribution in [0.3, 0.4) is 0 Å². The third kappa shape index (κ3) is 4.09. The lowest BCUT2D eigenvalue weighted by molar-refractivity contribution is 0.614. The Kier molecular flexibility index (Phi) is 4.79. The number of rotatable bonds is 5. The highest BCUT2D eigenvalue weighted by atomic mass is 19.1. The molecule has 1 rings (SSSR count). The van der Waals surface area contributed by atoms with Crippen molar-refractivity contribution in [2.75, 3.05) is 6.54 Å². The van der Waals surface area contributed by atoms with Crippen molar-refractivity contribution in [3.05, 3.63) is 35.1 Å². The molecule has 0 atom stereocenters. The largest absolute Gasteiger partial charge is 0.313 e. The normalized spacial score (nSPS) is 9.93. The highest BCUT2D eigenvalue weighted by Gasteiger charge is 1.98. The predicted molar refractivity (Wildman–Crippen MR) is 57.7 cm³/mol. The molecule has 0 aliphatic carbocycles. The molecule has 0 spiro atoms. The SMILES string of the molecule is Cc1cc(CNCCCC#N)ccc1F. The lowest BCUT2D eigenvalue weighted by Crippen LogP contribution is -2.14. The van der Waals surface area contributed by atoms with Gasteiger partial charge in [0.05, 0.1) is 6.07 Å². The lowest BCUT2D eigenvalue weighted by atomic mass is 10.1. The molecular formula is C12H15FN2. The molecule has 0 aliphatic heterocycles. The van der Waals surface area contributed by atoms with Crippen LogP contribution in [0.5, 0.6) is 0 Å². The van der Waals surface area contributed by atoms with E-state index in [1.54, 1.807) is 13.0 Å². The predicted octanol–water partition coefficient (Wildman–Crippen LogP) is 2.53. The maximum absolute atomic E-state index is 12.9. The van der Waals surface area contributed by atoms with Crippen LogP contribution in [0, 0.1) is 24.1 Å². The second-order valence-corrected chi connectivity index (χ2v) is 3.52. The molecule has 1 aromatic rings. The van der Waals surface area contributed by atoms with Crippen molar-refractivity contribution in [2.24, 2.45) is 0 Å². The Morgan fingerprint density at radius 3 is 2.93 bits per heavy atom. The monoisotopic (exact) mass is 206 g/mol. The van der Waals surface area contributed by atoms with Gasteiger partial charge in [0, 0.05) is 13.0 Å².